The molecule has 1 atom stereocenters. The molecule has 2 aromatic rings. The molecular weight excluding hydrogens is 366 g/mol. The van der Waals surface area contributed by atoms with Crippen LogP contribution < -0.4 is 10.6 Å². The van der Waals surface area contributed by atoms with E-state index in [0.717, 1.165) is 49.9 Å². The van der Waals surface area contributed by atoms with Crippen molar-refractivity contribution >= 4 is 11.8 Å². The Hall–Kier alpha value is -2.67. The van der Waals surface area contributed by atoms with Crippen LogP contribution in [0.1, 0.15) is 58.1 Å². The fraction of sp³-hybridized carbons (Fsp3) is 0.500. The number of nitrogens with one attached hydrogen (secondary N) is 2. The summed E-state index contributed by atoms with van der Waals surface area (Å²) in [5.41, 5.74) is 2.33. The topological polar surface area (TPSA) is 79.3 Å². The third-order valence-electron chi connectivity index (χ3n) is 5.90. The highest BCUT2D eigenvalue weighted by Gasteiger charge is 2.26. The molecule has 4 rings (SSSR count). The second-order valence-corrected chi connectivity index (χ2v) is 8.09. The first-order valence-corrected chi connectivity index (χ1v) is 10.5. The van der Waals surface area contributed by atoms with Crippen LogP contribution in [0.4, 0.5) is 0 Å². The van der Waals surface area contributed by atoms with Crippen molar-refractivity contribution in [3.8, 4) is 0 Å². The highest BCUT2D eigenvalue weighted by Crippen LogP contribution is 2.17. The van der Waals surface area contributed by atoms with Crippen LogP contribution in [-0.4, -0.2) is 58.7 Å². The Morgan fingerprint density at radius 3 is 2.55 bits per heavy atom. The van der Waals surface area contributed by atoms with Gasteiger partial charge in [-0.25, -0.2) is 0 Å². The molecule has 1 aromatic carbocycles. The number of hydrogen-bond donors (Lipinski definition) is 2. The van der Waals surface area contributed by atoms with E-state index in [1.54, 1.807) is 6.07 Å². The second kappa shape index (κ2) is 8.78. The summed E-state index contributed by atoms with van der Waals surface area (Å²) in [5, 5.41) is 11.0. The van der Waals surface area contributed by atoms with E-state index in [9.17, 15) is 9.59 Å². The summed E-state index contributed by atoms with van der Waals surface area (Å²) < 4.78 is 1.91. The lowest BCUT2D eigenvalue weighted by Crippen LogP contribution is -2.46. The van der Waals surface area contributed by atoms with Gasteiger partial charge in [0.1, 0.15) is 5.69 Å². The fourth-order valence-electron chi connectivity index (χ4n) is 4.09. The average molecular weight is 396 g/mol. The molecule has 2 saturated heterocycles. The van der Waals surface area contributed by atoms with Gasteiger partial charge in [0.15, 0.2) is 0 Å². The normalized spacial score (nSPS) is 20.4. The zero-order valence-corrected chi connectivity index (χ0v) is 16.9. The summed E-state index contributed by atoms with van der Waals surface area (Å²) in [5.74, 6) is -0.0644. The molecule has 1 unspecified atom stereocenters. The Kier molecular flexibility index (Phi) is 5.94. The van der Waals surface area contributed by atoms with Gasteiger partial charge in [-0.3, -0.25) is 14.3 Å². The number of likely N-dealkylation sites (tertiary alicyclic amines) is 1. The lowest BCUT2D eigenvalue weighted by molar-refractivity contribution is 0.0697. The molecule has 0 spiro atoms. The van der Waals surface area contributed by atoms with Gasteiger partial charge in [0, 0.05) is 37.4 Å². The molecule has 2 N–H and O–H groups in total. The Bertz CT molecular complexity index is 846. The van der Waals surface area contributed by atoms with E-state index in [0.29, 0.717) is 24.8 Å². The maximum Gasteiger partial charge on any atom is 0.271 e. The smallest absolute Gasteiger partial charge is 0.271 e. The largest absolute Gasteiger partial charge is 0.348 e. The monoisotopic (exact) mass is 395 g/mol. The van der Waals surface area contributed by atoms with Gasteiger partial charge in [0.2, 0.25) is 0 Å². The molecule has 3 heterocycles. The summed E-state index contributed by atoms with van der Waals surface area (Å²) in [6.07, 6.45) is 5.64. The number of piperidine rings is 2. The number of benzene rings is 1. The van der Waals surface area contributed by atoms with Crippen LogP contribution in [0.3, 0.4) is 0 Å². The van der Waals surface area contributed by atoms with Crippen LogP contribution in [0.5, 0.6) is 0 Å². The van der Waals surface area contributed by atoms with E-state index in [1.165, 1.54) is 0 Å². The van der Waals surface area contributed by atoms with E-state index in [4.69, 9.17) is 0 Å². The predicted molar refractivity (Wildman–Crippen MR) is 111 cm³/mol. The van der Waals surface area contributed by atoms with Crippen LogP contribution in [0.25, 0.3) is 0 Å². The zero-order valence-electron chi connectivity index (χ0n) is 16.9. The van der Waals surface area contributed by atoms with Crippen molar-refractivity contribution in [1.29, 1.82) is 0 Å². The third kappa shape index (κ3) is 4.67. The molecule has 0 saturated carbocycles. The van der Waals surface area contributed by atoms with Gasteiger partial charge in [0.25, 0.3) is 11.8 Å². The first-order valence-electron chi connectivity index (χ1n) is 10.5. The molecule has 0 aliphatic carbocycles. The molecule has 2 aliphatic rings. The van der Waals surface area contributed by atoms with Crippen molar-refractivity contribution in [3.63, 3.8) is 0 Å². The molecule has 7 heteroatoms. The minimum absolute atomic E-state index is 0.0645. The zero-order chi connectivity index (χ0) is 20.2. The van der Waals surface area contributed by atoms with E-state index < -0.39 is 0 Å². The predicted octanol–water partition coefficient (Wildman–Crippen LogP) is 2.15. The van der Waals surface area contributed by atoms with Crippen molar-refractivity contribution < 1.29 is 9.59 Å². The number of aromatic nitrogens is 2. The third-order valence-corrected chi connectivity index (χ3v) is 5.90. The number of carbonyl (C=O) groups excluding carboxylic acids is 2. The fourth-order valence-corrected chi connectivity index (χ4v) is 4.09. The van der Waals surface area contributed by atoms with Crippen LogP contribution in [-0.2, 0) is 0 Å². The quantitative estimate of drug-likeness (QED) is 0.831. The number of amides is 2. The maximum absolute atomic E-state index is 12.6. The van der Waals surface area contributed by atoms with E-state index >= 15 is 0 Å². The van der Waals surface area contributed by atoms with Crippen LogP contribution in [0.15, 0.2) is 36.5 Å². The Balaban J connectivity index is 1.28. The first kappa shape index (κ1) is 19.6. The SMILES string of the molecule is Cc1ccc(C(=O)N2CCC(NC(=O)c3ccn(C4CCCNC4)n3)CC2)cc1. The standard InChI is InChI=1S/C22H29N5O2/c1-16-4-6-17(7-5-16)22(29)26-12-8-18(9-13-26)24-21(28)20-10-14-27(25-20)19-3-2-11-23-15-19/h4-7,10,14,18-19,23H,2-3,8-9,11-13,15H2,1H3,(H,24,28). The van der Waals surface area contributed by atoms with Gasteiger partial charge >= 0.3 is 0 Å². The molecule has 154 valence electrons. The van der Waals surface area contributed by atoms with E-state index in [-0.39, 0.29) is 17.9 Å². The molecule has 0 radical (unpaired) electrons. The van der Waals surface area contributed by atoms with Gasteiger partial charge < -0.3 is 15.5 Å². The Labute approximate surface area is 171 Å². The lowest BCUT2D eigenvalue weighted by atomic mass is 10.0. The van der Waals surface area contributed by atoms with E-state index in [2.05, 4.69) is 15.7 Å². The molecule has 2 amide bonds. The van der Waals surface area contributed by atoms with Crippen molar-refractivity contribution in [3.05, 3.63) is 53.3 Å². The van der Waals surface area contributed by atoms with Crippen LogP contribution in [0, 0.1) is 6.92 Å². The molecule has 1 aromatic heterocycles. The molecule has 7 nitrogen and oxygen atoms in total. The summed E-state index contributed by atoms with van der Waals surface area (Å²) in [6.45, 7) is 5.27. The second-order valence-electron chi connectivity index (χ2n) is 8.09. The van der Waals surface area contributed by atoms with Crippen molar-refractivity contribution in [2.75, 3.05) is 26.2 Å². The number of hydrogen-bond acceptors (Lipinski definition) is 4. The van der Waals surface area contributed by atoms with Crippen LogP contribution in [0.2, 0.25) is 0 Å². The molecule has 2 aliphatic heterocycles. The van der Waals surface area contributed by atoms with Crippen molar-refractivity contribution in [2.24, 2.45) is 0 Å². The van der Waals surface area contributed by atoms with Gasteiger partial charge in [0.05, 0.1) is 6.04 Å². The molecule has 2 fully saturated rings. The number of aryl methyl sites for hydroxylation is 1. The highest BCUT2D eigenvalue weighted by atomic mass is 16.2. The molecular formula is C22H29N5O2. The Morgan fingerprint density at radius 1 is 1.10 bits per heavy atom. The minimum Gasteiger partial charge on any atom is -0.348 e. The van der Waals surface area contributed by atoms with Crippen molar-refractivity contribution in [1.82, 2.24) is 25.3 Å². The molecule has 0 bridgehead atoms. The summed E-state index contributed by atoms with van der Waals surface area (Å²) in [6, 6.07) is 9.87. The summed E-state index contributed by atoms with van der Waals surface area (Å²) in [7, 11) is 0. The van der Waals surface area contributed by atoms with Gasteiger partial charge in [-0.2, -0.15) is 5.10 Å². The summed E-state index contributed by atoms with van der Waals surface area (Å²) >= 11 is 0. The minimum atomic E-state index is -0.129. The van der Waals surface area contributed by atoms with Crippen LogP contribution >= 0.6 is 0 Å². The average Bonchev–Trinajstić information content (AvgIpc) is 3.26. The van der Waals surface area contributed by atoms with Gasteiger partial charge in [-0.15, -0.1) is 0 Å². The Morgan fingerprint density at radius 2 is 1.86 bits per heavy atom. The van der Waals surface area contributed by atoms with Gasteiger partial charge in [-0.1, -0.05) is 17.7 Å². The summed E-state index contributed by atoms with van der Waals surface area (Å²) in [4.78, 5) is 27.1. The molecule has 29 heavy (non-hydrogen) atoms. The number of nitrogens with zero attached hydrogens (tertiary/aromatic N) is 3. The lowest BCUT2D eigenvalue weighted by Gasteiger charge is -2.32. The van der Waals surface area contributed by atoms with E-state index in [1.807, 2.05) is 47.0 Å². The number of carbonyl (C=O) groups is 2. The number of rotatable bonds is 4. The van der Waals surface area contributed by atoms with Gasteiger partial charge in [-0.05, 0) is 57.4 Å². The first-order chi connectivity index (χ1) is 14.1. The maximum atomic E-state index is 12.6. The van der Waals surface area contributed by atoms with Crippen molar-refractivity contribution in [2.45, 2.75) is 44.7 Å². The highest BCUT2D eigenvalue weighted by molar-refractivity contribution is 5.94.